The molecule has 0 saturated heterocycles. The van der Waals surface area contributed by atoms with Crippen LogP contribution in [-0.4, -0.2) is 44.3 Å². The summed E-state index contributed by atoms with van der Waals surface area (Å²) in [6.07, 6.45) is -0.904. The summed E-state index contributed by atoms with van der Waals surface area (Å²) in [5.41, 5.74) is 6.33. The minimum Gasteiger partial charge on any atom is -0.468 e. The van der Waals surface area contributed by atoms with Gasteiger partial charge in [0.05, 0.1) is 14.2 Å². The van der Waals surface area contributed by atoms with Crippen molar-refractivity contribution in [2.45, 2.75) is 18.7 Å². The number of hydrogen-bond acceptors (Lipinski definition) is 7. The molecule has 0 spiro atoms. The van der Waals surface area contributed by atoms with Crippen LogP contribution < -0.4 is 11.1 Å². The van der Waals surface area contributed by atoms with Crippen LogP contribution in [0.25, 0.3) is 0 Å². The summed E-state index contributed by atoms with van der Waals surface area (Å²) >= 11 is 0. The van der Waals surface area contributed by atoms with E-state index in [2.05, 4.69) is 14.8 Å². The molecule has 0 aliphatic carbocycles. The summed E-state index contributed by atoms with van der Waals surface area (Å²) in [7, 11) is 2.22. The number of ether oxygens (including phenoxy) is 3. The molecule has 120 valence electrons. The summed E-state index contributed by atoms with van der Waals surface area (Å²) in [4.78, 5) is 34.7. The number of hydrogen-bond donors (Lipinski definition) is 2. The molecule has 2 atom stereocenters. The summed E-state index contributed by atoms with van der Waals surface area (Å²) in [6.45, 7) is 0.00796. The third kappa shape index (κ3) is 5.06. The van der Waals surface area contributed by atoms with Crippen molar-refractivity contribution in [2.75, 3.05) is 14.2 Å². The van der Waals surface area contributed by atoms with Crippen molar-refractivity contribution in [3.8, 4) is 0 Å². The number of nitrogens with two attached hydrogens (primary N) is 1. The van der Waals surface area contributed by atoms with Gasteiger partial charge in [0.2, 0.25) is 0 Å². The van der Waals surface area contributed by atoms with Crippen LogP contribution in [0.15, 0.2) is 30.3 Å². The van der Waals surface area contributed by atoms with E-state index in [0.717, 1.165) is 19.8 Å². The Balaban J connectivity index is 2.63. The Hall–Kier alpha value is -2.61. The van der Waals surface area contributed by atoms with E-state index in [1.807, 2.05) is 6.07 Å². The fourth-order valence-corrected chi connectivity index (χ4v) is 1.59. The molecule has 0 aliphatic heterocycles. The normalized spacial score (nSPS) is 12.7. The highest BCUT2D eigenvalue weighted by molar-refractivity contribution is 5.89. The first kappa shape index (κ1) is 17.4. The number of nitrogens with one attached hydrogen (secondary N) is 1. The number of carbonyl (C=O) groups is 3. The Kier molecular flexibility index (Phi) is 6.84. The number of alkyl carbamates (subject to hydrolysis) is 1. The molecular formula is C14H18N2O6. The maximum atomic E-state index is 11.7. The molecular weight excluding hydrogens is 292 g/mol. The Morgan fingerprint density at radius 2 is 1.68 bits per heavy atom. The van der Waals surface area contributed by atoms with Gasteiger partial charge in [-0.15, -0.1) is 0 Å². The third-order valence-electron chi connectivity index (χ3n) is 2.77. The molecule has 0 radical (unpaired) electrons. The van der Waals surface area contributed by atoms with E-state index in [1.165, 1.54) is 0 Å². The third-order valence-corrected chi connectivity index (χ3v) is 2.77. The molecule has 0 aliphatic rings. The van der Waals surface area contributed by atoms with E-state index in [-0.39, 0.29) is 6.61 Å². The molecule has 3 N–H and O–H groups in total. The minimum atomic E-state index is -1.40. The van der Waals surface area contributed by atoms with Gasteiger partial charge in [-0.05, 0) is 5.56 Å². The molecule has 1 aromatic rings. The van der Waals surface area contributed by atoms with Gasteiger partial charge >= 0.3 is 18.0 Å². The van der Waals surface area contributed by atoms with Crippen molar-refractivity contribution in [1.29, 1.82) is 0 Å². The first-order valence-corrected chi connectivity index (χ1v) is 6.38. The Bertz CT molecular complexity index is 519. The molecule has 8 nitrogen and oxygen atoms in total. The van der Waals surface area contributed by atoms with Crippen LogP contribution in [0.2, 0.25) is 0 Å². The Labute approximate surface area is 127 Å². The number of esters is 2. The zero-order valence-electron chi connectivity index (χ0n) is 12.3. The van der Waals surface area contributed by atoms with Gasteiger partial charge in [-0.3, -0.25) is 4.79 Å². The van der Waals surface area contributed by atoms with Crippen molar-refractivity contribution >= 4 is 18.0 Å². The van der Waals surface area contributed by atoms with Gasteiger partial charge in [-0.1, -0.05) is 30.3 Å². The molecule has 0 saturated carbocycles. The summed E-state index contributed by atoms with van der Waals surface area (Å²) in [6, 6.07) is 6.15. The first-order valence-electron chi connectivity index (χ1n) is 6.38. The molecule has 1 amide bonds. The molecule has 1 rings (SSSR count). The van der Waals surface area contributed by atoms with E-state index in [0.29, 0.717) is 0 Å². The van der Waals surface area contributed by atoms with Crippen molar-refractivity contribution in [2.24, 2.45) is 5.73 Å². The van der Waals surface area contributed by atoms with E-state index >= 15 is 0 Å². The molecule has 22 heavy (non-hydrogen) atoms. The minimum absolute atomic E-state index is 0.00796. The van der Waals surface area contributed by atoms with Crippen LogP contribution in [0, 0.1) is 0 Å². The molecule has 1 aromatic carbocycles. The maximum absolute atomic E-state index is 11.7. The van der Waals surface area contributed by atoms with Crippen LogP contribution in [0.1, 0.15) is 5.56 Å². The lowest BCUT2D eigenvalue weighted by atomic mass is 10.1. The summed E-state index contributed by atoms with van der Waals surface area (Å²) in [5.74, 6) is -1.74. The number of benzene rings is 1. The van der Waals surface area contributed by atoms with Crippen molar-refractivity contribution in [3.63, 3.8) is 0 Å². The second-order valence-electron chi connectivity index (χ2n) is 4.26. The van der Waals surface area contributed by atoms with E-state index in [4.69, 9.17) is 10.5 Å². The van der Waals surface area contributed by atoms with E-state index in [1.54, 1.807) is 24.3 Å². The smallest absolute Gasteiger partial charge is 0.408 e. The quantitative estimate of drug-likeness (QED) is 0.559. The standard InChI is InChI=1S/C14H18N2O6/c1-20-12(17)10(15)11(13(18)21-2)16-14(19)22-8-9-6-4-3-5-7-9/h3-7,10-11H,8,15H2,1-2H3,(H,16,19)/t10-,11+/m1/s1. The van der Waals surface area contributed by atoms with E-state index < -0.39 is 30.1 Å². The highest BCUT2D eigenvalue weighted by Gasteiger charge is 2.34. The fraction of sp³-hybridized carbons (Fsp3) is 0.357. The van der Waals surface area contributed by atoms with Crippen LogP contribution >= 0.6 is 0 Å². The highest BCUT2D eigenvalue weighted by atomic mass is 16.6. The Morgan fingerprint density at radius 1 is 1.09 bits per heavy atom. The average Bonchev–Trinajstić information content (AvgIpc) is 2.56. The summed E-state index contributed by atoms with van der Waals surface area (Å²) < 4.78 is 13.9. The monoisotopic (exact) mass is 310 g/mol. The zero-order valence-corrected chi connectivity index (χ0v) is 12.3. The predicted molar refractivity (Wildman–Crippen MR) is 75.6 cm³/mol. The van der Waals surface area contributed by atoms with Gasteiger partial charge in [0.15, 0.2) is 6.04 Å². The molecule has 0 bridgehead atoms. The zero-order chi connectivity index (χ0) is 16.5. The lowest BCUT2D eigenvalue weighted by Crippen LogP contribution is -2.56. The van der Waals surface area contributed by atoms with Gasteiger partial charge < -0.3 is 25.3 Å². The van der Waals surface area contributed by atoms with Gasteiger partial charge in [0, 0.05) is 0 Å². The topological polar surface area (TPSA) is 117 Å². The molecule has 8 heteroatoms. The second kappa shape index (κ2) is 8.63. The van der Waals surface area contributed by atoms with Gasteiger partial charge in [0.1, 0.15) is 12.6 Å². The number of methoxy groups -OCH3 is 2. The van der Waals surface area contributed by atoms with Gasteiger partial charge in [0.25, 0.3) is 0 Å². The largest absolute Gasteiger partial charge is 0.468 e. The van der Waals surface area contributed by atoms with Gasteiger partial charge in [-0.25, -0.2) is 9.59 Å². The molecule has 0 unspecified atom stereocenters. The predicted octanol–water partition coefficient (Wildman–Crippen LogP) is -0.0453. The fourth-order valence-electron chi connectivity index (χ4n) is 1.59. The van der Waals surface area contributed by atoms with Crippen LogP contribution in [0.3, 0.4) is 0 Å². The highest BCUT2D eigenvalue weighted by Crippen LogP contribution is 2.02. The van der Waals surface area contributed by atoms with Crippen LogP contribution in [-0.2, 0) is 30.4 Å². The summed E-state index contributed by atoms with van der Waals surface area (Å²) in [5, 5.41) is 2.19. The van der Waals surface area contributed by atoms with Gasteiger partial charge in [-0.2, -0.15) is 0 Å². The average molecular weight is 310 g/mol. The molecule has 0 heterocycles. The van der Waals surface area contributed by atoms with E-state index in [9.17, 15) is 14.4 Å². The number of rotatable bonds is 6. The number of amides is 1. The van der Waals surface area contributed by atoms with Crippen molar-refractivity contribution in [1.82, 2.24) is 5.32 Å². The molecule has 0 fully saturated rings. The van der Waals surface area contributed by atoms with Crippen molar-refractivity contribution in [3.05, 3.63) is 35.9 Å². The maximum Gasteiger partial charge on any atom is 0.408 e. The van der Waals surface area contributed by atoms with Crippen LogP contribution in [0.4, 0.5) is 4.79 Å². The molecule has 0 aromatic heterocycles. The van der Waals surface area contributed by atoms with Crippen LogP contribution in [0.5, 0.6) is 0 Å². The lowest BCUT2D eigenvalue weighted by molar-refractivity contribution is -0.151. The SMILES string of the molecule is COC(=O)[C@@H](NC(=O)OCc1ccccc1)[C@@H](N)C(=O)OC. The Morgan fingerprint density at radius 3 is 2.23 bits per heavy atom. The second-order valence-corrected chi connectivity index (χ2v) is 4.26. The first-order chi connectivity index (χ1) is 10.5. The van der Waals surface area contributed by atoms with Crippen molar-refractivity contribution < 1.29 is 28.6 Å². The lowest BCUT2D eigenvalue weighted by Gasteiger charge is -2.20. The number of carbonyl (C=O) groups excluding carboxylic acids is 3.